The van der Waals surface area contributed by atoms with E-state index in [-0.39, 0.29) is 133 Å². The molecule has 59 heteroatoms. The van der Waals surface area contributed by atoms with E-state index in [4.69, 9.17) is 104 Å². The summed E-state index contributed by atoms with van der Waals surface area (Å²) in [5, 5.41) is 122. The first-order valence-electron chi connectivity index (χ1n) is 44.7. The minimum absolute atomic E-state index is 0.00314. The Morgan fingerprint density at radius 1 is 0.427 bits per heavy atom. The van der Waals surface area contributed by atoms with Gasteiger partial charge >= 0.3 is 6.08 Å². The Bertz CT molecular complexity index is 6290. The smallest absolute Gasteiger partial charge is 0.312 e. The predicted octanol–water partition coefficient (Wildman–Crippen LogP) is 0.424. The van der Waals surface area contributed by atoms with Gasteiger partial charge in [-0.25, -0.2) is 60.1 Å². The van der Waals surface area contributed by atoms with Crippen LogP contribution in [0, 0.1) is 6.08 Å². The van der Waals surface area contributed by atoms with Crippen LogP contribution in [0.25, 0.3) is 66.7 Å². The summed E-state index contributed by atoms with van der Waals surface area (Å²) in [7, 11) is 6.09. The zero-order valence-corrected chi connectivity index (χ0v) is 82.0. The predicted molar refractivity (Wildman–Crippen MR) is 507 cm³/mol. The number of carbonyl (C=O) groups is 2. The molecule has 6 fully saturated rings. The highest BCUT2D eigenvalue weighted by Gasteiger charge is 2.50. The molecule has 0 bridgehead atoms. The summed E-state index contributed by atoms with van der Waals surface area (Å²) in [6.07, 6.45) is -9.68. The molecule has 2 amide bonds. The van der Waals surface area contributed by atoms with E-state index < -0.39 is 142 Å². The molecular weight excluding hydrogens is 1930 g/mol. The first-order valence-corrected chi connectivity index (χ1v) is 45.4. The molecule has 18 heterocycles. The maximum absolute atomic E-state index is 14.5. The summed E-state index contributed by atoms with van der Waals surface area (Å²) in [6, 6.07) is 0. The largest absolute Gasteiger partial charge is 0.394 e. The SMILES string of the molecule is COC[C@H]1O[C@@H](n2cnc3c(NC(C)(C)C)nc(Cl)nc32)CC1O.COC[C@H]1O[C@@H](n2cnc3c(NC(C)(C)C)nc(Cl)nc32)[C@H](F)C1O.COC[C@H]1O[C@@H](n2cnc3c(NC(C)(C)C)nc(F)nc32)[C@H](O)C1O.COC[C@H]1O[C@@H](n2cnc3c(NC(C)(C)C)ncnc32)CC1O.NC(=O)c1cn(C2OC(CO)C(O)C2O)c2ncnc(N)c12.NNc1c(C(N)=O)c2c(N)ncnc2n1C1OC(CO)C(O)C1O. The van der Waals surface area contributed by atoms with E-state index in [9.17, 15) is 69.4 Å². The number of nitrogens with one attached hydrogen (secondary N) is 5. The second kappa shape index (κ2) is 44.6. The molecule has 12 aromatic heterocycles. The van der Waals surface area contributed by atoms with Crippen molar-refractivity contribution in [1.82, 2.24) is 107 Å². The average Bonchev–Trinajstić information content (AvgIpc) is 1.59. The van der Waals surface area contributed by atoms with Crippen LogP contribution in [-0.4, -0.2) is 363 Å². The number of fused-ring (bicyclic) bond motifs is 6. The number of primary amides is 2. The molecule has 6 aliphatic heterocycles. The normalized spacial score (nSPS) is 26.5. The van der Waals surface area contributed by atoms with E-state index in [1.54, 1.807) is 31.4 Å². The van der Waals surface area contributed by atoms with Crippen molar-refractivity contribution in [1.29, 1.82) is 0 Å². The number of nitrogen functional groups attached to an aromatic ring is 3. The minimum atomic E-state index is -1.65. The second-order valence-electron chi connectivity index (χ2n) is 38.1. The first kappa shape index (κ1) is 109. The summed E-state index contributed by atoms with van der Waals surface area (Å²) in [5.74, 6) is 5.90. The van der Waals surface area contributed by atoms with E-state index in [1.807, 2.05) is 66.9 Å². The van der Waals surface area contributed by atoms with Crippen LogP contribution >= 0.6 is 23.2 Å². The first-order chi connectivity index (χ1) is 67.5. The van der Waals surface area contributed by atoms with Crippen LogP contribution in [0.4, 0.5) is 49.5 Å². The molecule has 12 aromatic rings. The Labute approximate surface area is 822 Å². The number of aromatic nitrogens is 22. The van der Waals surface area contributed by atoms with Crippen molar-refractivity contribution < 1.29 is 122 Å². The Morgan fingerprint density at radius 2 is 0.797 bits per heavy atom. The molecule has 12 unspecified atom stereocenters. The molecule has 0 spiro atoms. The number of rotatable bonds is 23. The molecular formula is C84H120Cl2F2N32O23. The molecule has 6 aliphatic rings. The highest BCUT2D eigenvalue weighted by atomic mass is 35.5. The van der Waals surface area contributed by atoms with Crippen LogP contribution in [0.1, 0.15) is 154 Å². The lowest BCUT2D eigenvalue weighted by molar-refractivity contribution is -0.0580. The van der Waals surface area contributed by atoms with Crippen molar-refractivity contribution in [3.05, 3.63) is 78.3 Å². The van der Waals surface area contributed by atoms with Crippen molar-refractivity contribution in [2.45, 2.75) is 253 Å². The molecule has 22 atom stereocenters. The third-order valence-electron chi connectivity index (χ3n) is 22.7. The van der Waals surface area contributed by atoms with Crippen LogP contribution in [0.3, 0.4) is 0 Å². The standard InChI is InChI=1S/C15H21ClFN5O3.C15H22ClN5O3.C15H22FN5O4.C15H23N5O3.C12H17N7O5.C12H15N5O5/c1-15(2,3)21-11-9-12(20-14(16)19-11)22(6-18-9)13-8(17)10(23)7(25-13)5-24-4;1-15(2,3)20-12-11-13(19-14(16)18-12)21(7-17-11)10-5-8(22)9(24-10)6-23-4;1-15(2,3)20-11-8-12(19-14(16)18-11)21(6-17-8)13-10(23)9(22)7(25-13)5-24-4;1-15(2,3)19-13-12-14(17-7-16-13)20(8-18-12)11-5-9(21)10(23-11)6-22-4;13-8-4-5(9(14)23)11(18-15)19(10(4)17-2-16-8)12-7(22)6(21)3(1-20)24-12;13-9-6-4(10(14)21)1-17(11(6)16-3-15-9)12-8(20)7(19)5(2-18)22-12/h6-8,10,13,23H,5H2,1-4H3,(H,19,20,21);7-10,22H,5-6H2,1-4H3,(H,18,19,20);6-7,9-10,13,22-23H,5H2,1-4H3,(H,18,19,20);7-11,21H,5-6H2,1-4H3,(H,16,17,19);2-3,6-7,12,18,20-22H,1,15H2,(H2,14,23)(H2,13,16,17);1,3,5,7-8,12,18-20H,2H2,(H2,14,21)(H2,13,15,16)/t7-,8-,10?,13-;8?,9-,10-;7-,9?,10-,13-;9?,10-,11-;;/m1111../s1. The third-order valence-corrected chi connectivity index (χ3v) is 23.0. The van der Waals surface area contributed by atoms with E-state index in [1.165, 1.54) is 64.0 Å². The number of hydrazine groups is 1. The second-order valence-corrected chi connectivity index (χ2v) is 38.7. The average molecular weight is 2050 g/mol. The van der Waals surface area contributed by atoms with Gasteiger partial charge < -0.3 is 158 Å². The molecule has 782 valence electrons. The van der Waals surface area contributed by atoms with Crippen molar-refractivity contribution in [2.24, 2.45) is 17.3 Å². The number of hydrogen-bond donors (Lipinski definition) is 21. The van der Waals surface area contributed by atoms with E-state index in [0.717, 1.165) is 6.33 Å². The summed E-state index contributed by atoms with van der Waals surface area (Å²) in [4.78, 5) is 89.5. The molecule has 0 radical (unpaired) electrons. The molecule has 18 rings (SSSR count). The summed E-state index contributed by atoms with van der Waals surface area (Å²) >= 11 is 12.1. The topological polar surface area (TPSA) is 775 Å². The van der Waals surface area contributed by atoms with Crippen LogP contribution in [0.15, 0.2) is 50.5 Å². The molecule has 26 N–H and O–H groups in total. The molecule has 6 saturated heterocycles. The van der Waals surface area contributed by atoms with E-state index in [0.29, 0.717) is 82.5 Å². The molecule has 0 saturated carbocycles. The third kappa shape index (κ3) is 23.9. The number of methoxy groups -OCH3 is 4. The number of ether oxygens (including phenoxy) is 10. The molecule has 143 heavy (non-hydrogen) atoms. The van der Waals surface area contributed by atoms with Gasteiger partial charge in [-0.1, -0.05) is 0 Å². The molecule has 55 nitrogen and oxygen atoms in total. The van der Waals surface area contributed by atoms with Gasteiger partial charge in [-0.3, -0.25) is 32.4 Å². The number of carbonyl (C=O) groups excluding carboxylic acids is 2. The molecule has 0 aliphatic carbocycles. The Balaban J connectivity index is 0.000000144. The number of amides is 2. The number of aliphatic hydroxyl groups is 11. The lowest BCUT2D eigenvalue weighted by atomic mass is 10.1. The molecule has 0 aromatic carbocycles. The lowest BCUT2D eigenvalue weighted by Crippen LogP contribution is -2.33. The summed E-state index contributed by atoms with van der Waals surface area (Å²) in [6.45, 7) is 23.8. The van der Waals surface area contributed by atoms with Gasteiger partial charge in [0.05, 0.1) is 99.1 Å². The number of halogens is 4. The monoisotopic (exact) mass is 2050 g/mol. The van der Waals surface area contributed by atoms with Crippen LogP contribution in [-0.2, 0) is 47.4 Å². The van der Waals surface area contributed by atoms with Gasteiger partial charge in [0, 0.05) is 69.6 Å². The van der Waals surface area contributed by atoms with Crippen LogP contribution in [0.2, 0.25) is 10.6 Å². The van der Waals surface area contributed by atoms with Gasteiger partial charge in [0.15, 0.2) is 99.0 Å². The highest BCUT2D eigenvalue weighted by molar-refractivity contribution is 6.29. The van der Waals surface area contributed by atoms with Crippen molar-refractivity contribution in [3.8, 4) is 0 Å². The van der Waals surface area contributed by atoms with Gasteiger partial charge in [-0.2, -0.15) is 34.3 Å². The fraction of sp³-hybridized carbons (Fsp3) is 0.595. The van der Waals surface area contributed by atoms with Crippen LogP contribution in [0.5, 0.6) is 0 Å². The van der Waals surface area contributed by atoms with Crippen LogP contribution < -0.4 is 55.5 Å². The highest BCUT2D eigenvalue weighted by Crippen LogP contribution is 2.44. The van der Waals surface area contributed by atoms with Gasteiger partial charge in [0.25, 0.3) is 11.8 Å². The van der Waals surface area contributed by atoms with Crippen molar-refractivity contribution in [2.75, 3.05) is 106 Å². The van der Waals surface area contributed by atoms with Gasteiger partial charge in [-0.15, -0.1) is 0 Å². The van der Waals surface area contributed by atoms with E-state index in [2.05, 4.69) is 127 Å². The van der Waals surface area contributed by atoms with Crippen molar-refractivity contribution in [3.63, 3.8) is 0 Å². The van der Waals surface area contributed by atoms with E-state index >= 15 is 0 Å². The fourth-order valence-corrected chi connectivity index (χ4v) is 16.8. The minimum Gasteiger partial charge on any atom is -0.394 e. The van der Waals surface area contributed by atoms with Gasteiger partial charge in [0.2, 0.25) is 10.6 Å². The Hall–Kier alpha value is -11.5. The fourth-order valence-electron chi connectivity index (χ4n) is 16.5. The number of aliphatic hydroxyl groups excluding tert-OH is 11. The zero-order valence-electron chi connectivity index (χ0n) is 80.5. The quantitative estimate of drug-likeness (QED) is 0.0234. The maximum Gasteiger partial charge on any atom is 0.312 e. The Morgan fingerprint density at radius 3 is 1.26 bits per heavy atom. The number of nitrogens with two attached hydrogens (primary N) is 5. The summed E-state index contributed by atoms with van der Waals surface area (Å²) < 4.78 is 91.4. The van der Waals surface area contributed by atoms with Gasteiger partial charge in [0.1, 0.15) is 140 Å². The number of alkyl halides is 1. The number of anilines is 7. The van der Waals surface area contributed by atoms with Gasteiger partial charge in [-0.05, 0) is 106 Å². The number of imidazole rings is 4. The number of nitrogens with zero attached hydrogens (tertiary/aromatic N) is 22. The number of hydrogen-bond acceptors (Lipinski definition) is 47. The van der Waals surface area contributed by atoms with Crippen molar-refractivity contribution >= 4 is 142 Å². The Kier molecular flexibility index (Phi) is 34.0. The zero-order chi connectivity index (χ0) is 104. The maximum atomic E-state index is 14.5. The summed E-state index contributed by atoms with van der Waals surface area (Å²) in [5.41, 5.74) is 27.8. The lowest BCUT2D eigenvalue weighted by Gasteiger charge is -2.21.